The monoisotopic (exact) mass is 422 g/mol. The molecule has 0 saturated carbocycles. The van der Waals surface area contributed by atoms with Crippen molar-refractivity contribution in [1.29, 1.82) is 0 Å². The Morgan fingerprint density at radius 2 is 1.47 bits per heavy atom. The molecule has 0 saturated heterocycles. The van der Waals surface area contributed by atoms with Crippen LogP contribution in [0.15, 0.2) is 79.0 Å². The maximum Gasteiger partial charge on any atom is 0.287 e. The molecule has 0 unspecified atom stereocenters. The van der Waals surface area contributed by atoms with Gasteiger partial charge in [0.05, 0.1) is 11.5 Å². The first kappa shape index (κ1) is 21.7. The van der Waals surface area contributed by atoms with E-state index in [2.05, 4.69) is 50.0 Å². The molecule has 0 bridgehead atoms. The molecule has 0 atom stereocenters. The van der Waals surface area contributed by atoms with Crippen LogP contribution in [0, 0.1) is 10.1 Å². The third kappa shape index (κ3) is 4.58. The first-order valence-corrected chi connectivity index (χ1v) is 11.7. The molecule has 1 aromatic heterocycles. The minimum atomic E-state index is -2.60. The van der Waals surface area contributed by atoms with Crippen LogP contribution in [0.3, 0.4) is 0 Å². The summed E-state index contributed by atoms with van der Waals surface area (Å²) in [5, 5.41) is 13.1. The standard InChI is InChI=1S/C23H26N2O4Si/c1-23(2,3)30(20-10-6-4-7-11-20,21-12-8-5-9-13-21)29-17-16-28-22-15-14-19(18-24-22)25(26)27/h4-15,18H,16-17H2,1-3H3. The van der Waals surface area contributed by atoms with Crippen molar-refractivity contribution in [3.05, 3.63) is 89.1 Å². The van der Waals surface area contributed by atoms with E-state index in [0.29, 0.717) is 19.1 Å². The van der Waals surface area contributed by atoms with Gasteiger partial charge in [0.1, 0.15) is 12.8 Å². The lowest BCUT2D eigenvalue weighted by Crippen LogP contribution is -2.66. The van der Waals surface area contributed by atoms with Crippen molar-refractivity contribution in [1.82, 2.24) is 4.98 Å². The van der Waals surface area contributed by atoms with Crippen molar-refractivity contribution in [2.75, 3.05) is 13.2 Å². The summed E-state index contributed by atoms with van der Waals surface area (Å²) in [6, 6.07) is 23.7. The Bertz CT molecular complexity index is 919. The number of nitrogens with zero attached hydrogens (tertiary/aromatic N) is 2. The van der Waals surface area contributed by atoms with E-state index in [1.165, 1.54) is 28.7 Å². The summed E-state index contributed by atoms with van der Waals surface area (Å²) in [4.78, 5) is 14.3. The average molecular weight is 423 g/mol. The number of pyridine rings is 1. The summed E-state index contributed by atoms with van der Waals surface area (Å²) >= 11 is 0. The van der Waals surface area contributed by atoms with Crippen LogP contribution in [0.5, 0.6) is 5.88 Å². The quantitative estimate of drug-likeness (QED) is 0.238. The summed E-state index contributed by atoms with van der Waals surface area (Å²) in [5.41, 5.74) is -0.0640. The molecule has 30 heavy (non-hydrogen) atoms. The Morgan fingerprint density at radius 1 is 0.900 bits per heavy atom. The van der Waals surface area contributed by atoms with Gasteiger partial charge in [0, 0.05) is 12.1 Å². The largest absolute Gasteiger partial charge is 0.475 e. The average Bonchev–Trinajstić information content (AvgIpc) is 2.74. The summed E-state index contributed by atoms with van der Waals surface area (Å²) in [5.74, 6) is 0.339. The number of benzene rings is 2. The zero-order valence-corrected chi connectivity index (χ0v) is 18.4. The summed E-state index contributed by atoms with van der Waals surface area (Å²) in [7, 11) is -2.60. The molecule has 1 heterocycles. The number of hydrogen-bond acceptors (Lipinski definition) is 5. The number of aromatic nitrogens is 1. The van der Waals surface area contributed by atoms with E-state index in [1.54, 1.807) is 0 Å². The van der Waals surface area contributed by atoms with Gasteiger partial charge in [-0.15, -0.1) is 0 Å². The van der Waals surface area contributed by atoms with Gasteiger partial charge in [-0.25, -0.2) is 4.98 Å². The molecule has 156 valence electrons. The molecule has 0 N–H and O–H groups in total. The molecular formula is C23H26N2O4Si. The number of nitro groups is 1. The minimum Gasteiger partial charge on any atom is -0.475 e. The minimum absolute atomic E-state index is 0.0640. The first-order valence-electron chi connectivity index (χ1n) is 9.83. The van der Waals surface area contributed by atoms with Crippen molar-refractivity contribution >= 4 is 24.4 Å². The van der Waals surface area contributed by atoms with Gasteiger partial charge in [-0.1, -0.05) is 81.4 Å². The second kappa shape index (κ2) is 9.19. The van der Waals surface area contributed by atoms with Crippen LogP contribution in [-0.2, 0) is 4.43 Å². The molecule has 0 aliphatic heterocycles. The molecule has 3 aromatic rings. The second-order valence-corrected chi connectivity index (χ2v) is 12.3. The highest BCUT2D eigenvalue weighted by molar-refractivity contribution is 6.99. The molecule has 0 aliphatic carbocycles. The van der Waals surface area contributed by atoms with Crippen LogP contribution in [0.2, 0.25) is 5.04 Å². The summed E-state index contributed by atoms with van der Waals surface area (Å²) in [6.45, 7) is 7.34. The highest BCUT2D eigenvalue weighted by Crippen LogP contribution is 2.36. The van der Waals surface area contributed by atoms with Gasteiger partial charge in [-0.05, 0) is 15.4 Å². The molecule has 0 amide bonds. The molecule has 6 nitrogen and oxygen atoms in total. The van der Waals surface area contributed by atoms with Crippen LogP contribution < -0.4 is 15.1 Å². The van der Waals surface area contributed by atoms with Crippen LogP contribution in [0.4, 0.5) is 5.69 Å². The van der Waals surface area contributed by atoms with Crippen LogP contribution >= 0.6 is 0 Å². The number of ether oxygens (including phenoxy) is 1. The molecule has 0 fully saturated rings. The van der Waals surface area contributed by atoms with E-state index in [-0.39, 0.29) is 10.7 Å². The van der Waals surface area contributed by atoms with Gasteiger partial charge in [0.25, 0.3) is 14.0 Å². The fourth-order valence-corrected chi connectivity index (χ4v) is 8.21. The second-order valence-electron chi connectivity index (χ2n) is 7.97. The van der Waals surface area contributed by atoms with Gasteiger partial charge < -0.3 is 9.16 Å². The predicted octanol–water partition coefficient (Wildman–Crippen LogP) is 3.95. The Morgan fingerprint density at radius 3 is 1.90 bits per heavy atom. The lowest BCUT2D eigenvalue weighted by atomic mass is 10.2. The lowest BCUT2D eigenvalue weighted by molar-refractivity contribution is -0.385. The van der Waals surface area contributed by atoms with Crippen molar-refractivity contribution in [3.63, 3.8) is 0 Å². The zero-order valence-electron chi connectivity index (χ0n) is 17.4. The van der Waals surface area contributed by atoms with Crippen molar-refractivity contribution in [2.45, 2.75) is 25.8 Å². The van der Waals surface area contributed by atoms with Gasteiger partial charge >= 0.3 is 0 Å². The molecule has 2 aromatic carbocycles. The van der Waals surface area contributed by atoms with Gasteiger partial charge in [0.2, 0.25) is 5.88 Å². The SMILES string of the molecule is CC(C)(C)[Si](OCCOc1ccc([N+](=O)[O-])cn1)(c1ccccc1)c1ccccc1. The van der Waals surface area contributed by atoms with E-state index < -0.39 is 13.2 Å². The van der Waals surface area contributed by atoms with E-state index in [4.69, 9.17) is 9.16 Å². The molecule has 7 heteroatoms. The third-order valence-electron chi connectivity index (χ3n) is 5.00. The Labute approximate surface area is 177 Å². The highest BCUT2D eigenvalue weighted by Gasteiger charge is 2.50. The van der Waals surface area contributed by atoms with Gasteiger partial charge in [0.15, 0.2) is 0 Å². The highest BCUT2D eigenvalue weighted by atomic mass is 28.4. The molecule has 0 radical (unpaired) electrons. The summed E-state index contributed by atoms with van der Waals surface area (Å²) in [6.07, 6.45) is 1.19. The van der Waals surface area contributed by atoms with Crippen molar-refractivity contribution < 1.29 is 14.1 Å². The van der Waals surface area contributed by atoms with Crippen LogP contribution in [0.1, 0.15) is 20.8 Å². The van der Waals surface area contributed by atoms with Gasteiger partial charge in [-0.2, -0.15) is 0 Å². The van der Waals surface area contributed by atoms with E-state index in [1.807, 2.05) is 36.4 Å². The van der Waals surface area contributed by atoms with E-state index in [0.717, 1.165) is 0 Å². The zero-order chi connectivity index (χ0) is 21.6. The molecular weight excluding hydrogens is 396 g/mol. The number of rotatable bonds is 8. The Balaban J connectivity index is 1.82. The van der Waals surface area contributed by atoms with Crippen LogP contribution in [-0.4, -0.2) is 31.4 Å². The van der Waals surface area contributed by atoms with E-state index in [9.17, 15) is 10.1 Å². The van der Waals surface area contributed by atoms with E-state index >= 15 is 0 Å². The first-order chi connectivity index (χ1) is 14.3. The molecule has 0 aliphatic rings. The normalized spacial score (nSPS) is 11.8. The fourth-order valence-electron chi connectivity index (χ4n) is 3.67. The molecule has 3 rings (SSSR count). The third-order valence-corrected chi connectivity index (χ3v) is 10.0. The van der Waals surface area contributed by atoms with Crippen molar-refractivity contribution in [2.24, 2.45) is 0 Å². The number of hydrogen-bond donors (Lipinski definition) is 0. The maximum absolute atomic E-state index is 10.8. The smallest absolute Gasteiger partial charge is 0.287 e. The Hall–Kier alpha value is -3.03. The lowest BCUT2D eigenvalue weighted by Gasteiger charge is -2.43. The Kier molecular flexibility index (Phi) is 6.64. The topological polar surface area (TPSA) is 74.5 Å². The maximum atomic E-state index is 10.8. The van der Waals surface area contributed by atoms with Crippen molar-refractivity contribution in [3.8, 4) is 5.88 Å². The van der Waals surface area contributed by atoms with Gasteiger partial charge in [-0.3, -0.25) is 10.1 Å². The van der Waals surface area contributed by atoms with Crippen LogP contribution in [0.25, 0.3) is 0 Å². The molecule has 0 spiro atoms. The fraction of sp³-hybridized carbons (Fsp3) is 0.261. The summed E-state index contributed by atoms with van der Waals surface area (Å²) < 4.78 is 12.4. The predicted molar refractivity (Wildman–Crippen MR) is 120 cm³/mol.